The minimum atomic E-state index is -0.617. The average Bonchev–Trinajstić information content (AvgIpc) is 2.99. The number of hydrogen-bond acceptors (Lipinski definition) is 5. The van der Waals surface area contributed by atoms with Crippen molar-refractivity contribution in [2.24, 2.45) is 0 Å². The van der Waals surface area contributed by atoms with Gasteiger partial charge < -0.3 is 10.1 Å². The molecule has 0 aliphatic rings. The quantitative estimate of drug-likeness (QED) is 0.329. The van der Waals surface area contributed by atoms with Crippen LogP contribution in [-0.2, 0) is 6.42 Å². The highest BCUT2D eigenvalue weighted by Gasteiger charge is 2.18. The van der Waals surface area contributed by atoms with Gasteiger partial charge in [-0.2, -0.15) is 0 Å². The molecular weight excluding hydrogens is 337 g/mol. The van der Waals surface area contributed by atoms with E-state index >= 15 is 0 Å². The van der Waals surface area contributed by atoms with Gasteiger partial charge in [0.05, 0.1) is 22.8 Å². The number of aliphatic hydroxyl groups is 1. The minimum absolute atomic E-state index is 0.0766. The fraction of sp³-hybridized carbons (Fsp3) is 0.133. The van der Waals surface area contributed by atoms with Gasteiger partial charge in [-0.05, 0) is 24.3 Å². The van der Waals surface area contributed by atoms with E-state index in [4.69, 9.17) is 22.1 Å². The van der Waals surface area contributed by atoms with Crippen molar-refractivity contribution < 1.29 is 14.7 Å². The summed E-state index contributed by atoms with van der Waals surface area (Å²) in [6, 6.07) is 5.16. The van der Waals surface area contributed by atoms with E-state index in [-0.39, 0.29) is 23.2 Å². The van der Waals surface area contributed by atoms with Gasteiger partial charge in [0, 0.05) is 18.2 Å². The van der Waals surface area contributed by atoms with Crippen LogP contribution in [-0.4, -0.2) is 37.7 Å². The van der Waals surface area contributed by atoms with Crippen LogP contribution in [0.1, 0.15) is 11.4 Å². The first-order valence-electron chi connectivity index (χ1n) is 6.98. The zero-order valence-electron chi connectivity index (χ0n) is 12.3. The van der Waals surface area contributed by atoms with Crippen molar-refractivity contribution in [2.45, 2.75) is 6.42 Å². The Morgan fingerprint density at radius 2 is 2.17 bits per heavy atom. The molecule has 0 amide bonds. The van der Waals surface area contributed by atoms with Gasteiger partial charge in [-0.1, -0.05) is 11.6 Å². The molecule has 2 aromatic heterocycles. The van der Waals surface area contributed by atoms with Crippen molar-refractivity contribution in [3.63, 3.8) is 0 Å². The maximum Gasteiger partial charge on any atom is 0.178 e. The summed E-state index contributed by atoms with van der Waals surface area (Å²) in [7, 11) is 0. The van der Waals surface area contributed by atoms with Gasteiger partial charge in [-0.25, -0.2) is 19.4 Å². The predicted molar refractivity (Wildman–Crippen MR) is 87.2 cm³/mol. The Morgan fingerprint density at radius 3 is 2.88 bits per heavy atom. The molecule has 9 heteroatoms. The lowest BCUT2D eigenvalue weighted by atomic mass is 10.2. The van der Waals surface area contributed by atoms with E-state index in [1.807, 2.05) is 0 Å². The second-order valence-corrected chi connectivity index (χ2v) is 5.38. The molecule has 24 heavy (non-hydrogen) atoms. The molecule has 0 aliphatic carbocycles. The van der Waals surface area contributed by atoms with Gasteiger partial charge in [-0.15, -0.1) is 0 Å². The fourth-order valence-electron chi connectivity index (χ4n) is 2.24. The molecule has 0 radical (unpaired) electrons. The van der Waals surface area contributed by atoms with E-state index in [0.29, 0.717) is 34.0 Å². The average molecular weight is 350 g/mol. The second kappa shape index (κ2) is 6.52. The van der Waals surface area contributed by atoms with Crippen LogP contribution < -0.4 is 5.06 Å². The van der Waals surface area contributed by atoms with E-state index in [0.717, 1.165) is 6.07 Å². The smallest absolute Gasteiger partial charge is 0.178 e. The Labute approximate surface area is 140 Å². The molecule has 3 aromatic rings. The third-order valence-electron chi connectivity index (χ3n) is 3.40. The molecule has 0 spiro atoms. The highest BCUT2D eigenvalue weighted by Crippen LogP contribution is 2.24. The largest absolute Gasteiger partial charge is 0.396 e. The first kappa shape index (κ1) is 16.3. The number of nitrogens with zero attached hydrogens (tertiary/aromatic N) is 3. The third-order valence-corrected chi connectivity index (χ3v) is 3.69. The molecule has 0 fully saturated rings. The number of fused-ring (bicyclic) bond motifs is 1. The lowest BCUT2D eigenvalue weighted by Crippen LogP contribution is -2.27. The topological polar surface area (TPSA) is 109 Å². The molecule has 0 saturated carbocycles. The van der Waals surface area contributed by atoms with E-state index in [1.54, 1.807) is 6.07 Å². The van der Waals surface area contributed by atoms with Crippen LogP contribution in [0.2, 0.25) is 5.02 Å². The zero-order chi connectivity index (χ0) is 17.3. The summed E-state index contributed by atoms with van der Waals surface area (Å²) in [5.41, 5.74) is 1.32. The van der Waals surface area contributed by atoms with Crippen LogP contribution in [0.15, 0.2) is 30.5 Å². The number of hydrogen-bond donors (Lipinski definition) is 4. The van der Waals surface area contributed by atoms with Crippen LogP contribution in [0.25, 0.3) is 11.2 Å². The van der Waals surface area contributed by atoms with E-state index < -0.39 is 5.82 Å². The molecule has 124 valence electrons. The number of H-pyrrole nitrogens is 1. The van der Waals surface area contributed by atoms with Crippen molar-refractivity contribution in [3.05, 3.63) is 52.7 Å². The maximum absolute atomic E-state index is 13.2. The number of aromatic nitrogens is 3. The number of aromatic amines is 1. The Balaban J connectivity index is 1.99. The van der Waals surface area contributed by atoms with Gasteiger partial charge in [0.15, 0.2) is 11.5 Å². The van der Waals surface area contributed by atoms with Crippen molar-refractivity contribution in [2.75, 3.05) is 11.7 Å². The molecule has 0 bridgehead atoms. The lowest BCUT2D eigenvalue weighted by molar-refractivity contribution is 0.297. The normalized spacial score (nSPS) is 11.0. The van der Waals surface area contributed by atoms with Crippen molar-refractivity contribution >= 4 is 34.3 Å². The van der Waals surface area contributed by atoms with Gasteiger partial charge >= 0.3 is 0 Å². The highest BCUT2D eigenvalue weighted by molar-refractivity contribution is 6.31. The summed E-state index contributed by atoms with van der Waals surface area (Å²) < 4.78 is 13.2. The van der Waals surface area contributed by atoms with Crippen LogP contribution in [0.4, 0.5) is 10.1 Å². The highest BCUT2D eigenvalue weighted by atomic mass is 35.5. The lowest BCUT2D eigenvalue weighted by Gasteiger charge is -2.18. The molecular formula is C15H13ClFN5O2. The second-order valence-electron chi connectivity index (χ2n) is 4.97. The molecule has 2 heterocycles. The standard InChI is InChI=1S/C15H13ClFN5O2/c16-10-7-8(1-2-11(10)17)22(24)14(18)9-3-5-19-15-13(9)20-12(21-15)4-6-23/h1-3,5,7,18,23-24H,4,6H2,(H,19,20,21). The SMILES string of the molecule is N=C(c1ccnc2nc(CCO)[nH]c12)N(O)c1ccc(F)c(Cl)c1. The van der Waals surface area contributed by atoms with E-state index in [9.17, 15) is 9.60 Å². The predicted octanol–water partition coefficient (Wildman–Crippen LogP) is 2.51. The Bertz CT molecular complexity index is 914. The molecule has 0 aliphatic heterocycles. The van der Waals surface area contributed by atoms with Crippen molar-refractivity contribution in [1.82, 2.24) is 15.0 Å². The summed E-state index contributed by atoms with van der Waals surface area (Å²) >= 11 is 5.71. The summed E-state index contributed by atoms with van der Waals surface area (Å²) in [5.74, 6) is -0.354. The van der Waals surface area contributed by atoms with Gasteiger partial charge in [-0.3, -0.25) is 10.6 Å². The number of hydroxylamine groups is 1. The molecule has 0 unspecified atom stereocenters. The van der Waals surface area contributed by atoms with Crippen LogP contribution in [0, 0.1) is 11.2 Å². The van der Waals surface area contributed by atoms with Gasteiger partial charge in [0.1, 0.15) is 11.6 Å². The summed E-state index contributed by atoms with van der Waals surface area (Å²) in [6.07, 6.45) is 1.78. The van der Waals surface area contributed by atoms with Gasteiger partial charge in [0.25, 0.3) is 0 Å². The summed E-state index contributed by atoms with van der Waals surface area (Å²) in [5, 5.41) is 27.9. The Kier molecular flexibility index (Phi) is 4.43. The zero-order valence-corrected chi connectivity index (χ0v) is 13.0. The first-order chi connectivity index (χ1) is 11.5. The van der Waals surface area contributed by atoms with Crippen LogP contribution in [0.5, 0.6) is 0 Å². The summed E-state index contributed by atoms with van der Waals surface area (Å²) in [4.78, 5) is 11.3. The molecule has 3 rings (SSSR count). The minimum Gasteiger partial charge on any atom is -0.396 e. The monoisotopic (exact) mass is 349 g/mol. The number of imidazole rings is 1. The maximum atomic E-state index is 13.2. The summed E-state index contributed by atoms with van der Waals surface area (Å²) in [6.45, 7) is -0.0766. The van der Waals surface area contributed by atoms with Crippen molar-refractivity contribution in [1.29, 1.82) is 5.41 Å². The number of anilines is 1. The number of nitrogens with one attached hydrogen (secondary N) is 2. The molecule has 4 N–H and O–H groups in total. The number of amidine groups is 1. The number of rotatable bonds is 4. The van der Waals surface area contributed by atoms with E-state index in [2.05, 4.69) is 15.0 Å². The number of halogens is 2. The van der Waals surface area contributed by atoms with Crippen molar-refractivity contribution in [3.8, 4) is 0 Å². The Hall–Kier alpha value is -2.55. The molecule has 1 aromatic carbocycles. The molecule has 0 saturated heterocycles. The molecule has 7 nitrogen and oxygen atoms in total. The van der Waals surface area contributed by atoms with Crippen LogP contribution in [0.3, 0.4) is 0 Å². The number of aliphatic hydroxyl groups excluding tert-OH is 1. The molecule has 0 atom stereocenters. The number of benzene rings is 1. The number of pyridine rings is 1. The van der Waals surface area contributed by atoms with Gasteiger partial charge in [0.2, 0.25) is 0 Å². The Morgan fingerprint density at radius 1 is 1.38 bits per heavy atom. The first-order valence-corrected chi connectivity index (χ1v) is 7.36. The van der Waals surface area contributed by atoms with E-state index in [1.165, 1.54) is 18.3 Å². The fourth-order valence-corrected chi connectivity index (χ4v) is 2.42. The third kappa shape index (κ3) is 2.94. The van der Waals surface area contributed by atoms with Crippen LogP contribution >= 0.6 is 11.6 Å².